The van der Waals surface area contributed by atoms with Crippen LogP contribution in [0.25, 0.3) is 0 Å². The molecule has 0 aliphatic heterocycles. The monoisotopic (exact) mass is 215 g/mol. The maximum atomic E-state index is 8.55. The smallest absolute Gasteiger partial charge is 0.322 e. The molecule has 0 unspecified atom stereocenters. The lowest BCUT2D eigenvalue weighted by molar-refractivity contribution is 0.176. The fourth-order valence-corrected chi connectivity index (χ4v) is 0.837. The Hall–Kier alpha value is -1.47. The number of aliphatic hydroxyl groups excluding tert-OH is 2. The van der Waals surface area contributed by atoms with Gasteiger partial charge in [0.2, 0.25) is 0 Å². The average molecular weight is 215 g/mol. The van der Waals surface area contributed by atoms with E-state index in [1.165, 1.54) is 0 Å². The summed E-state index contributed by atoms with van der Waals surface area (Å²) in [6, 6.07) is 0.203. The van der Waals surface area contributed by atoms with Crippen LogP contribution in [0.15, 0.2) is 0 Å². The van der Waals surface area contributed by atoms with Gasteiger partial charge in [-0.25, -0.2) is 0 Å². The summed E-state index contributed by atoms with van der Waals surface area (Å²) in [6.07, 6.45) is 0. The highest BCUT2D eigenvalue weighted by atomic mass is 16.5. The molecule has 7 heteroatoms. The summed E-state index contributed by atoms with van der Waals surface area (Å²) < 4.78 is 10.0. The summed E-state index contributed by atoms with van der Waals surface area (Å²) in [5.74, 6) is 0.450. The fraction of sp³-hybridized carbons (Fsp3) is 0.625. The van der Waals surface area contributed by atoms with Crippen molar-refractivity contribution < 1.29 is 19.7 Å². The van der Waals surface area contributed by atoms with Gasteiger partial charge in [-0.1, -0.05) is 0 Å². The average Bonchev–Trinajstić information content (AvgIpc) is 2.23. The van der Waals surface area contributed by atoms with E-state index in [1.54, 1.807) is 6.92 Å². The van der Waals surface area contributed by atoms with Crippen LogP contribution in [0.3, 0.4) is 0 Å². The van der Waals surface area contributed by atoms with Crippen LogP contribution >= 0.6 is 0 Å². The lowest BCUT2D eigenvalue weighted by Gasteiger charge is -2.05. The minimum absolute atomic E-state index is 0.101. The van der Waals surface area contributed by atoms with E-state index in [1.807, 2.05) is 0 Å². The van der Waals surface area contributed by atoms with E-state index in [0.29, 0.717) is 5.82 Å². The van der Waals surface area contributed by atoms with E-state index in [-0.39, 0.29) is 38.4 Å². The molecule has 0 aliphatic carbocycles. The Morgan fingerprint density at radius 3 is 1.80 bits per heavy atom. The lowest BCUT2D eigenvalue weighted by atomic mass is 10.7. The highest BCUT2D eigenvalue weighted by molar-refractivity contribution is 5.04. The van der Waals surface area contributed by atoms with E-state index in [9.17, 15) is 0 Å². The van der Waals surface area contributed by atoms with E-state index in [0.717, 1.165) is 0 Å². The van der Waals surface area contributed by atoms with Crippen LogP contribution in [0.2, 0.25) is 0 Å². The Morgan fingerprint density at radius 2 is 1.40 bits per heavy atom. The number of aliphatic hydroxyl groups is 2. The molecule has 1 aromatic heterocycles. The third kappa shape index (κ3) is 4.05. The van der Waals surface area contributed by atoms with Crippen molar-refractivity contribution in [1.82, 2.24) is 15.0 Å². The Kier molecular flexibility index (Phi) is 4.72. The normalized spacial score (nSPS) is 10.1. The van der Waals surface area contributed by atoms with Gasteiger partial charge in [0, 0.05) is 0 Å². The maximum Gasteiger partial charge on any atom is 0.322 e. The molecule has 1 rings (SSSR count). The molecular weight excluding hydrogens is 202 g/mol. The Labute approximate surface area is 86.7 Å². The molecule has 1 aromatic rings. The largest absolute Gasteiger partial charge is 0.461 e. The van der Waals surface area contributed by atoms with Gasteiger partial charge in [-0.2, -0.15) is 9.97 Å². The minimum atomic E-state index is -0.114. The van der Waals surface area contributed by atoms with Crippen LogP contribution in [0.5, 0.6) is 12.0 Å². The van der Waals surface area contributed by atoms with Crippen molar-refractivity contribution >= 4 is 0 Å². The number of hydrogen-bond donors (Lipinski definition) is 2. The fourth-order valence-electron chi connectivity index (χ4n) is 0.837. The molecule has 0 radical (unpaired) electrons. The second-order valence-corrected chi connectivity index (χ2v) is 2.59. The molecule has 1 heterocycles. The molecular formula is C8H13N3O4. The predicted molar refractivity (Wildman–Crippen MR) is 49.7 cm³/mol. The van der Waals surface area contributed by atoms with Crippen LogP contribution in [0, 0.1) is 6.92 Å². The second kappa shape index (κ2) is 6.10. The van der Waals surface area contributed by atoms with E-state index < -0.39 is 0 Å². The molecule has 0 spiro atoms. The van der Waals surface area contributed by atoms with E-state index in [2.05, 4.69) is 15.0 Å². The van der Waals surface area contributed by atoms with Gasteiger partial charge in [0.1, 0.15) is 19.0 Å². The van der Waals surface area contributed by atoms with Crippen molar-refractivity contribution in [1.29, 1.82) is 0 Å². The van der Waals surface area contributed by atoms with Crippen molar-refractivity contribution in [2.75, 3.05) is 26.4 Å². The maximum absolute atomic E-state index is 8.55. The molecule has 0 aliphatic rings. The number of ether oxygens (including phenoxy) is 2. The Morgan fingerprint density at radius 1 is 0.933 bits per heavy atom. The summed E-state index contributed by atoms with van der Waals surface area (Å²) in [7, 11) is 0. The van der Waals surface area contributed by atoms with Gasteiger partial charge in [0.25, 0.3) is 0 Å². The Bertz CT molecular complexity index is 282. The summed E-state index contributed by atoms with van der Waals surface area (Å²) in [5, 5.41) is 17.1. The summed E-state index contributed by atoms with van der Waals surface area (Å²) in [4.78, 5) is 11.6. The molecule has 15 heavy (non-hydrogen) atoms. The zero-order chi connectivity index (χ0) is 11.1. The van der Waals surface area contributed by atoms with Crippen molar-refractivity contribution in [2.45, 2.75) is 6.92 Å². The molecule has 2 N–H and O–H groups in total. The topological polar surface area (TPSA) is 97.6 Å². The quantitative estimate of drug-likeness (QED) is 0.623. The number of hydrogen-bond acceptors (Lipinski definition) is 7. The molecule has 0 atom stereocenters. The zero-order valence-electron chi connectivity index (χ0n) is 8.38. The van der Waals surface area contributed by atoms with Gasteiger partial charge in [0.05, 0.1) is 13.2 Å². The third-order valence-corrected chi connectivity index (χ3v) is 1.35. The van der Waals surface area contributed by atoms with Gasteiger partial charge in [-0.15, -0.1) is 4.98 Å². The van der Waals surface area contributed by atoms with Crippen molar-refractivity contribution in [3.8, 4) is 12.0 Å². The summed E-state index contributed by atoms with van der Waals surface area (Å²) in [5.41, 5.74) is 0. The molecule has 0 saturated carbocycles. The Balaban J connectivity index is 2.66. The van der Waals surface area contributed by atoms with Gasteiger partial charge in [-0.05, 0) is 6.92 Å². The number of rotatable bonds is 6. The second-order valence-electron chi connectivity index (χ2n) is 2.59. The van der Waals surface area contributed by atoms with Crippen LogP contribution in [0.1, 0.15) is 5.82 Å². The first kappa shape index (κ1) is 11.6. The molecule has 84 valence electrons. The van der Waals surface area contributed by atoms with Crippen molar-refractivity contribution in [3.05, 3.63) is 5.82 Å². The number of aryl methyl sites for hydroxylation is 1. The van der Waals surface area contributed by atoms with Crippen LogP contribution < -0.4 is 9.47 Å². The molecule has 0 saturated heterocycles. The molecule has 0 amide bonds. The van der Waals surface area contributed by atoms with Gasteiger partial charge in [-0.3, -0.25) is 0 Å². The van der Waals surface area contributed by atoms with Gasteiger partial charge >= 0.3 is 12.0 Å². The standard InChI is InChI=1S/C8H13N3O4/c1-6-9-7(14-4-2-12)11-8(10-6)15-5-3-13/h12-13H,2-5H2,1H3. The SMILES string of the molecule is Cc1nc(OCCO)nc(OCCO)n1. The molecule has 7 nitrogen and oxygen atoms in total. The predicted octanol–water partition coefficient (Wildman–Crippen LogP) is -1.08. The van der Waals surface area contributed by atoms with Crippen LogP contribution in [0.4, 0.5) is 0 Å². The molecule has 0 fully saturated rings. The van der Waals surface area contributed by atoms with Crippen LogP contribution in [-0.4, -0.2) is 51.6 Å². The first-order valence-corrected chi connectivity index (χ1v) is 4.46. The van der Waals surface area contributed by atoms with Gasteiger partial charge in [0.15, 0.2) is 0 Å². The van der Waals surface area contributed by atoms with E-state index in [4.69, 9.17) is 19.7 Å². The van der Waals surface area contributed by atoms with E-state index >= 15 is 0 Å². The van der Waals surface area contributed by atoms with Crippen molar-refractivity contribution in [2.24, 2.45) is 0 Å². The number of nitrogens with zero attached hydrogens (tertiary/aromatic N) is 3. The highest BCUT2D eigenvalue weighted by Gasteiger charge is 2.05. The highest BCUT2D eigenvalue weighted by Crippen LogP contribution is 2.08. The molecule has 0 bridgehead atoms. The summed E-state index contributed by atoms with van der Waals surface area (Å²) >= 11 is 0. The van der Waals surface area contributed by atoms with Crippen LogP contribution in [-0.2, 0) is 0 Å². The molecule has 0 aromatic carbocycles. The van der Waals surface area contributed by atoms with Crippen molar-refractivity contribution in [3.63, 3.8) is 0 Å². The first-order chi connectivity index (χ1) is 7.26. The lowest BCUT2D eigenvalue weighted by Crippen LogP contribution is -2.10. The first-order valence-electron chi connectivity index (χ1n) is 4.46. The zero-order valence-corrected chi connectivity index (χ0v) is 8.38. The van der Waals surface area contributed by atoms with Gasteiger partial charge < -0.3 is 19.7 Å². The number of aromatic nitrogens is 3. The minimum Gasteiger partial charge on any atom is -0.461 e. The third-order valence-electron chi connectivity index (χ3n) is 1.35. The summed E-state index contributed by atoms with van der Waals surface area (Å²) in [6.45, 7) is 1.67.